The van der Waals surface area contributed by atoms with Crippen molar-refractivity contribution in [3.63, 3.8) is 0 Å². The van der Waals surface area contributed by atoms with Gasteiger partial charge in [-0.3, -0.25) is 19.9 Å². The van der Waals surface area contributed by atoms with E-state index in [4.69, 9.17) is 10.7 Å². The number of hydrogen-bond donors (Lipinski definition) is 2. The van der Waals surface area contributed by atoms with Gasteiger partial charge in [-0.2, -0.15) is 14.7 Å². The molecule has 2 fully saturated rings. The highest BCUT2D eigenvalue weighted by molar-refractivity contribution is 7.91. The average molecular weight is 589 g/mol. The molecular formula is C27H25FN10O3S. The Balaban J connectivity index is 1.28. The quantitative estimate of drug-likeness (QED) is 0.310. The van der Waals surface area contributed by atoms with Gasteiger partial charge in [0.2, 0.25) is 5.82 Å². The van der Waals surface area contributed by atoms with Crippen LogP contribution in [0.5, 0.6) is 0 Å². The molecule has 13 nitrogen and oxygen atoms in total. The van der Waals surface area contributed by atoms with Crippen LogP contribution >= 0.6 is 0 Å². The summed E-state index contributed by atoms with van der Waals surface area (Å²) in [6, 6.07) is 6.02. The standard InChI is InChI=1S/C27H25FN10O3S/c1-42(40,41)23-21(15-9-16-5-6-17(10-15)37(16)27(39)25-32-13-33-36-25)35-26-18(12-34-38(26)24(23)29)14-4-7-20(31-11-14)22-19(28)3-2-8-30-22/h2-4,7-8,11-13,15-17H,5-6,9-10,29H2,1H3,(H,32,33,36)/t15?,16-,17+. The molecule has 2 saturated heterocycles. The summed E-state index contributed by atoms with van der Waals surface area (Å²) in [5.41, 5.74) is 8.95. The van der Waals surface area contributed by atoms with Gasteiger partial charge in [-0.1, -0.05) is 6.07 Å². The number of pyridine rings is 2. The molecule has 15 heteroatoms. The maximum absolute atomic E-state index is 14.2. The van der Waals surface area contributed by atoms with Gasteiger partial charge in [0, 0.05) is 47.8 Å². The van der Waals surface area contributed by atoms with E-state index < -0.39 is 15.7 Å². The number of nitrogen functional groups attached to an aromatic ring is 1. The van der Waals surface area contributed by atoms with E-state index in [-0.39, 0.29) is 46.1 Å². The molecule has 1 unspecified atom stereocenters. The van der Waals surface area contributed by atoms with Crippen LogP contribution in [0, 0.1) is 5.82 Å². The zero-order chi connectivity index (χ0) is 29.2. The fourth-order valence-electron chi connectivity index (χ4n) is 6.31. The second-order valence-electron chi connectivity index (χ2n) is 10.6. The lowest BCUT2D eigenvalue weighted by Crippen LogP contribution is -2.46. The maximum Gasteiger partial charge on any atom is 0.291 e. The summed E-state index contributed by atoms with van der Waals surface area (Å²) in [6.07, 6.45) is 9.65. The first-order chi connectivity index (χ1) is 20.2. The SMILES string of the molecule is CS(=O)(=O)c1c(C2C[C@H]3CC[C@@H](C2)N3C(=O)c2ncn[nH]2)nc2c(-c3ccc(-c4ncccc4F)nc3)cnn2c1N. The molecule has 5 aromatic rings. The molecule has 3 atom stereocenters. The van der Waals surface area contributed by atoms with E-state index in [1.165, 1.54) is 29.2 Å². The summed E-state index contributed by atoms with van der Waals surface area (Å²) in [7, 11) is -3.79. The second-order valence-corrected chi connectivity index (χ2v) is 12.6. The Morgan fingerprint density at radius 3 is 2.52 bits per heavy atom. The van der Waals surface area contributed by atoms with Crippen LogP contribution in [-0.4, -0.2) is 77.3 Å². The number of fused-ring (bicyclic) bond motifs is 3. The smallest absolute Gasteiger partial charge is 0.291 e. The molecule has 0 spiro atoms. The number of carbonyl (C=O) groups excluding carboxylic acids is 1. The number of sulfone groups is 1. The number of aromatic nitrogens is 8. The summed E-state index contributed by atoms with van der Waals surface area (Å²) in [4.78, 5) is 32.3. The number of carbonyl (C=O) groups is 1. The number of piperidine rings is 1. The van der Waals surface area contributed by atoms with Crippen LogP contribution in [0.15, 0.2) is 54.1 Å². The van der Waals surface area contributed by atoms with E-state index >= 15 is 0 Å². The molecule has 2 aliphatic heterocycles. The Morgan fingerprint density at radius 1 is 1.10 bits per heavy atom. The van der Waals surface area contributed by atoms with E-state index in [1.807, 2.05) is 4.90 Å². The summed E-state index contributed by atoms with van der Waals surface area (Å²) in [6.45, 7) is 0. The minimum atomic E-state index is -3.79. The van der Waals surface area contributed by atoms with E-state index in [0.29, 0.717) is 41.0 Å². The Hall–Kier alpha value is -4.79. The van der Waals surface area contributed by atoms with Crippen molar-refractivity contribution in [2.75, 3.05) is 12.0 Å². The first-order valence-corrected chi connectivity index (χ1v) is 15.2. The van der Waals surface area contributed by atoms with Crippen LogP contribution < -0.4 is 5.73 Å². The number of amides is 1. The molecule has 42 heavy (non-hydrogen) atoms. The van der Waals surface area contributed by atoms with Crippen LogP contribution in [0.2, 0.25) is 0 Å². The van der Waals surface area contributed by atoms with Gasteiger partial charge < -0.3 is 10.6 Å². The summed E-state index contributed by atoms with van der Waals surface area (Å²) in [5, 5.41) is 10.8. The van der Waals surface area contributed by atoms with E-state index in [1.54, 1.807) is 24.5 Å². The maximum atomic E-state index is 14.2. The lowest BCUT2D eigenvalue weighted by atomic mass is 9.87. The molecule has 1 amide bonds. The van der Waals surface area contributed by atoms with Gasteiger partial charge in [0.25, 0.3) is 5.91 Å². The Bertz CT molecular complexity index is 1930. The molecule has 2 aliphatic rings. The second kappa shape index (κ2) is 9.65. The van der Waals surface area contributed by atoms with Gasteiger partial charge >= 0.3 is 0 Å². The molecule has 0 radical (unpaired) electrons. The van der Waals surface area contributed by atoms with Gasteiger partial charge in [0.05, 0.1) is 17.6 Å². The van der Waals surface area contributed by atoms with Crippen LogP contribution in [0.1, 0.15) is 47.9 Å². The topological polar surface area (TPSA) is 178 Å². The highest BCUT2D eigenvalue weighted by Crippen LogP contribution is 2.45. The summed E-state index contributed by atoms with van der Waals surface area (Å²) in [5.74, 6) is -0.807. The Kier molecular flexibility index (Phi) is 6.00. The number of aromatic amines is 1. The van der Waals surface area contributed by atoms with E-state index in [0.717, 1.165) is 19.1 Å². The number of halogens is 1. The monoisotopic (exact) mass is 588 g/mol. The van der Waals surface area contributed by atoms with Crippen LogP contribution in [-0.2, 0) is 9.84 Å². The Morgan fingerprint density at radius 2 is 1.88 bits per heavy atom. The van der Waals surface area contributed by atoms with Crippen molar-refractivity contribution in [3.05, 3.63) is 66.5 Å². The Labute approximate surface area is 239 Å². The molecule has 5 aromatic heterocycles. The van der Waals surface area contributed by atoms with E-state index in [2.05, 4.69) is 30.2 Å². The number of nitrogens with one attached hydrogen (secondary N) is 1. The van der Waals surface area contributed by atoms with Gasteiger partial charge in [-0.15, -0.1) is 0 Å². The van der Waals surface area contributed by atoms with Gasteiger partial charge in [-0.25, -0.2) is 22.8 Å². The third kappa shape index (κ3) is 4.19. The van der Waals surface area contributed by atoms with Crippen molar-refractivity contribution in [2.45, 2.75) is 48.6 Å². The molecule has 0 aromatic carbocycles. The number of H-pyrrole nitrogens is 1. The molecule has 7 heterocycles. The van der Waals surface area contributed by atoms with Crippen LogP contribution in [0.3, 0.4) is 0 Å². The molecule has 2 bridgehead atoms. The van der Waals surface area contributed by atoms with Gasteiger partial charge in [0.15, 0.2) is 21.3 Å². The molecular weight excluding hydrogens is 563 g/mol. The first kappa shape index (κ1) is 26.1. The molecule has 0 aliphatic carbocycles. The fraction of sp³-hybridized carbons (Fsp3) is 0.296. The third-order valence-corrected chi connectivity index (χ3v) is 9.24. The normalized spacial score (nSPS) is 20.3. The molecule has 214 valence electrons. The zero-order valence-corrected chi connectivity index (χ0v) is 23.2. The molecule has 0 saturated carbocycles. The van der Waals surface area contributed by atoms with Crippen LogP contribution in [0.4, 0.5) is 10.2 Å². The van der Waals surface area contributed by atoms with Crippen molar-refractivity contribution in [3.8, 4) is 22.5 Å². The van der Waals surface area contributed by atoms with Gasteiger partial charge in [-0.05, 0) is 43.9 Å². The van der Waals surface area contributed by atoms with Gasteiger partial charge in [0.1, 0.15) is 22.7 Å². The molecule has 3 N–H and O–H groups in total. The predicted molar refractivity (Wildman–Crippen MR) is 148 cm³/mol. The predicted octanol–water partition coefficient (Wildman–Crippen LogP) is 2.65. The molecule has 7 rings (SSSR count). The lowest BCUT2D eigenvalue weighted by molar-refractivity contribution is 0.0556. The van der Waals surface area contributed by atoms with Crippen LogP contribution in [0.25, 0.3) is 28.2 Å². The first-order valence-electron chi connectivity index (χ1n) is 13.3. The number of hydrogen-bond acceptors (Lipinski definition) is 10. The van der Waals surface area contributed by atoms with Crippen molar-refractivity contribution < 1.29 is 17.6 Å². The van der Waals surface area contributed by atoms with Crippen molar-refractivity contribution in [1.82, 2.24) is 44.6 Å². The number of nitrogens with zero attached hydrogens (tertiary/aromatic N) is 8. The minimum Gasteiger partial charge on any atom is -0.382 e. The van der Waals surface area contributed by atoms with E-state index in [9.17, 15) is 17.6 Å². The largest absolute Gasteiger partial charge is 0.382 e. The third-order valence-electron chi connectivity index (χ3n) is 8.08. The fourth-order valence-corrected chi connectivity index (χ4v) is 7.37. The lowest BCUT2D eigenvalue weighted by Gasteiger charge is -2.38. The highest BCUT2D eigenvalue weighted by Gasteiger charge is 2.46. The van der Waals surface area contributed by atoms with Crippen molar-refractivity contribution >= 4 is 27.2 Å². The van der Waals surface area contributed by atoms with Crippen molar-refractivity contribution in [2.24, 2.45) is 0 Å². The number of rotatable bonds is 5. The van der Waals surface area contributed by atoms with Crippen molar-refractivity contribution in [1.29, 1.82) is 0 Å². The zero-order valence-electron chi connectivity index (χ0n) is 22.3. The average Bonchev–Trinajstić information content (AvgIpc) is 3.71. The minimum absolute atomic E-state index is 0.0311. The number of nitrogens with two attached hydrogens (primary N) is 1. The number of anilines is 1. The summed E-state index contributed by atoms with van der Waals surface area (Å²) >= 11 is 0. The summed E-state index contributed by atoms with van der Waals surface area (Å²) < 4.78 is 41.7. The highest BCUT2D eigenvalue weighted by atomic mass is 32.2.